The maximum Gasteiger partial charge on any atom is 0.471 e. The van der Waals surface area contributed by atoms with Crippen molar-refractivity contribution in [2.45, 2.75) is 25.6 Å². The quantitative estimate of drug-likeness (QED) is 0.862. The Labute approximate surface area is 112 Å². The number of hydrogen-bond donors (Lipinski definition) is 1. The van der Waals surface area contributed by atoms with Gasteiger partial charge in [-0.25, -0.2) is 4.79 Å². The van der Waals surface area contributed by atoms with E-state index in [9.17, 15) is 22.8 Å². The first-order valence-electron chi connectivity index (χ1n) is 5.95. The first-order valence-corrected chi connectivity index (χ1v) is 5.95. The number of carbonyl (C=O) groups excluding carboxylic acids is 1. The molecule has 7 heteroatoms. The van der Waals surface area contributed by atoms with E-state index in [1.165, 1.54) is 19.1 Å². The lowest BCUT2D eigenvalue weighted by Crippen LogP contribution is -2.45. The van der Waals surface area contributed by atoms with Crippen LogP contribution in [-0.4, -0.2) is 34.6 Å². The second-order valence-corrected chi connectivity index (χ2v) is 4.64. The number of fused-ring (bicyclic) bond motifs is 1. The van der Waals surface area contributed by atoms with Gasteiger partial charge in [0.2, 0.25) is 0 Å². The number of halogens is 3. The van der Waals surface area contributed by atoms with Crippen LogP contribution in [0.2, 0.25) is 0 Å². The average molecular weight is 287 g/mol. The lowest BCUT2D eigenvalue weighted by Gasteiger charge is -2.35. The SMILES string of the molecule is CC1c2cc(C(=O)O)ccc2CCN1C(=O)C(F)(F)F. The van der Waals surface area contributed by atoms with Gasteiger partial charge in [0, 0.05) is 6.54 Å². The van der Waals surface area contributed by atoms with Gasteiger partial charge in [0.1, 0.15) is 0 Å². The number of amides is 1. The molecule has 20 heavy (non-hydrogen) atoms. The van der Waals surface area contributed by atoms with E-state index in [1.54, 1.807) is 6.07 Å². The number of aromatic carboxylic acids is 1. The Morgan fingerprint density at radius 3 is 2.55 bits per heavy atom. The highest BCUT2D eigenvalue weighted by atomic mass is 19.4. The molecule has 1 aliphatic heterocycles. The summed E-state index contributed by atoms with van der Waals surface area (Å²) in [5.74, 6) is -3.05. The van der Waals surface area contributed by atoms with Crippen molar-refractivity contribution < 1.29 is 27.9 Å². The third-order valence-electron chi connectivity index (χ3n) is 3.44. The minimum atomic E-state index is -4.92. The standard InChI is InChI=1S/C13H12F3NO3/c1-7-10-6-9(11(18)19)3-2-8(10)4-5-17(7)12(20)13(14,15)16/h2-3,6-7H,4-5H2,1H3,(H,18,19). The summed E-state index contributed by atoms with van der Waals surface area (Å²) in [4.78, 5) is 23.0. The number of hydrogen-bond acceptors (Lipinski definition) is 2. The summed E-state index contributed by atoms with van der Waals surface area (Å²) in [6, 6.07) is 3.53. The van der Waals surface area contributed by atoms with E-state index in [0.29, 0.717) is 5.56 Å². The molecule has 108 valence electrons. The minimum absolute atomic E-state index is 0.00286. The van der Waals surface area contributed by atoms with Crippen LogP contribution in [0.5, 0.6) is 0 Å². The van der Waals surface area contributed by atoms with Gasteiger partial charge >= 0.3 is 18.1 Å². The first kappa shape index (κ1) is 14.4. The fourth-order valence-corrected chi connectivity index (χ4v) is 2.39. The maximum absolute atomic E-state index is 12.5. The molecule has 0 fully saturated rings. The lowest BCUT2D eigenvalue weighted by molar-refractivity contribution is -0.188. The van der Waals surface area contributed by atoms with Crippen LogP contribution >= 0.6 is 0 Å². The summed E-state index contributed by atoms with van der Waals surface area (Å²) in [6.45, 7) is 1.44. The third kappa shape index (κ3) is 2.48. The predicted molar refractivity (Wildman–Crippen MR) is 63.3 cm³/mol. The highest BCUT2D eigenvalue weighted by Crippen LogP contribution is 2.33. The van der Waals surface area contributed by atoms with Crippen molar-refractivity contribution in [2.24, 2.45) is 0 Å². The van der Waals surface area contributed by atoms with E-state index < -0.39 is 24.1 Å². The fraction of sp³-hybridized carbons (Fsp3) is 0.385. The fourth-order valence-electron chi connectivity index (χ4n) is 2.39. The second-order valence-electron chi connectivity index (χ2n) is 4.64. The predicted octanol–water partition coefficient (Wildman–Crippen LogP) is 2.39. The normalized spacial score (nSPS) is 18.6. The lowest BCUT2D eigenvalue weighted by atomic mass is 9.91. The molecule has 1 heterocycles. The summed E-state index contributed by atoms with van der Waals surface area (Å²) in [6.07, 6.45) is -4.64. The van der Waals surface area contributed by atoms with Gasteiger partial charge in [-0.3, -0.25) is 4.79 Å². The molecule has 1 atom stereocenters. The molecule has 0 spiro atoms. The zero-order valence-corrected chi connectivity index (χ0v) is 10.6. The number of nitrogens with zero attached hydrogens (tertiary/aromatic N) is 1. The Hall–Kier alpha value is -2.05. The van der Waals surface area contributed by atoms with Gasteiger partial charge in [-0.05, 0) is 36.6 Å². The molecule has 0 bridgehead atoms. The number of benzene rings is 1. The van der Waals surface area contributed by atoms with Crippen LogP contribution in [0.4, 0.5) is 13.2 Å². The van der Waals surface area contributed by atoms with Crippen LogP contribution in [0.15, 0.2) is 18.2 Å². The molecule has 0 aliphatic carbocycles. The van der Waals surface area contributed by atoms with E-state index in [1.807, 2.05) is 0 Å². The van der Waals surface area contributed by atoms with Gasteiger partial charge in [0.15, 0.2) is 0 Å². The molecule has 0 saturated carbocycles. The molecular formula is C13H12F3NO3. The summed E-state index contributed by atoms with van der Waals surface area (Å²) >= 11 is 0. The van der Waals surface area contributed by atoms with Gasteiger partial charge in [-0.1, -0.05) is 6.07 Å². The molecule has 0 radical (unpaired) electrons. The second kappa shape index (κ2) is 4.81. The summed E-state index contributed by atoms with van der Waals surface area (Å²) in [5, 5.41) is 8.92. The Bertz CT molecular complexity index is 568. The zero-order chi connectivity index (χ0) is 15.1. The van der Waals surface area contributed by atoms with Crippen molar-refractivity contribution in [3.8, 4) is 0 Å². The van der Waals surface area contributed by atoms with Crippen molar-refractivity contribution in [2.75, 3.05) is 6.54 Å². The molecule has 1 aromatic carbocycles. The van der Waals surface area contributed by atoms with E-state index in [0.717, 1.165) is 10.5 Å². The van der Waals surface area contributed by atoms with Gasteiger partial charge in [-0.15, -0.1) is 0 Å². The monoisotopic (exact) mass is 287 g/mol. The van der Waals surface area contributed by atoms with E-state index in [4.69, 9.17) is 5.11 Å². The average Bonchev–Trinajstić information content (AvgIpc) is 2.37. The molecule has 2 rings (SSSR count). The van der Waals surface area contributed by atoms with Gasteiger partial charge in [-0.2, -0.15) is 13.2 Å². The molecule has 1 aliphatic rings. The topological polar surface area (TPSA) is 57.6 Å². The molecular weight excluding hydrogens is 275 g/mol. The highest BCUT2D eigenvalue weighted by molar-refractivity contribution is 5.88. The largest absolute Gasteiger partial charge is 0.478 e. The summed E-state index contributed by atoms with van der Waals surface area (Å²) in [7, 11) is 0. The van der Waals surface area contributed by atoms with Crippen molar-refractivity contribution in [1.82, 2.24) is 4.90 Å². The number of carboxylic acids is 1. The third-order valence-corrected chi connectivity index (χ3v) is 3.44. The Kier molecular flexibility index (Phi) is 3.45. The van der Waals surface area contributed by atoms with Crippen molar-refractivity contribution in [1.29, 1.82) is 0 Å². The van der Waals surface area contributed by atoms with E-state index >= 15 is 0 Å². The van der Waals surface area contributed by atoms with E-state index in [2.05, 4.69) is 0 Å². The van der Waals surface area contributed by atoms with Gasteiger partial charge < -0.3 is 10.0 Å². The Morgan fingerprint density at radius 1 is 1.35 bits per heavy atom. The van der Waals surface area contributed by atoms with Crippen LogP contribution < -0.4 is 0 Å². The first-order chi connectivity index (χ1) is 9.21. The minimum Gasteiger partial charge on any atom is -0.478 e. The zero-order valence-electron chi connectivity index (χ0n) is 10.6. The number of rotatable bonds is 1. The smallest absolute Gasteiger partial charge is 0.471 e. The van der Waals surface area contributed by atoms with Crippen LogP contribution in [-0.2, 0) is 11.2 Å². The van der Waals surface area contributed by atoms with Gasteiger partial charge in [0.25, 0.3) is 0 Å². The molecule has 0 aromatic heterocycles. The van der Waals surface area contributed by atoms with Crippen LogP contribution in [0.25, 0.3) is 0 Å². The summed E-state index contributed by atoms with van der Waals surface area (Å²) in [5.41, 5.74) is 1.22. The molecule has 1 amide bonds. The number of alkyl halides is 3. The molecule has 4 nitrogen and oxygen atoms in total. The highest BCUT2D eigenvalue weighted by Gasteiger charge is 2.45. The molecule has 1 unspecified atom stereocenters. The Morgan fingerprint density at radius 2 is 2.00 bits per heavy atom. The molecule has 1 N–H and O–H groups in total. The number of carbonyl (C=O) groups is 2. The Balaban J connectivity index is 2.37. The van der Waals surface area contributed by atoms with Crippen molar-refractivity contribution in [3.05, 3.63) is 34.9 Å². The van der Waals surface area contributed by atoms with Crippen LogP contribution in [0.1, 0.15) is 34.5 Å². The van der Waals surface area contributed by atoms with E-state index in [-0.39, 0.29) is 18.5 Å². The maximum atomic E-state index is 12.5. The number of carboxylic acid groups (broad SMARTS) is 1. The van der Waals surface area contributed by atoms with Crippen molar-refractivity contribution in [3.63, 3.8) is 0 Å². The van der Waals surface area contributed by atoms with Crippen LogP contribution in [0, 0.1) is 0 Å². The molecule has 0 saturated heterocycles. The summed E-state index contributed by atoms with van der Waals surface area (Å²) < 4.78 is 37.5. The van der Waals surface area contributed by atoms with Crippen LogP contribution in [0.3, 0.4) is 0 Å². The van der Waals surface area contributed by atoms with Gasteiger partial charge in [0.05, 0.1) is 11.6 Å². The van der Waals surface area contributed by atoms with Crippen molar-refractivity contribution >= 4 is 11.9 Å². The molecule has 1 aromatic rings.